The molecule has 1 heterocycles. The minimum atomic E-state index is -0.244. The van der Waals surface area contributed by atoms with Crippen LogP contribution >= 0.6 is 23.2 Å². The molecule has 0 radical (unpaired) electrons. The van der Waals surface area contributed by atoms with Gasteiger partial charge in [-0.25, -0.2) is 14.8 Å². The largest absolute Gasteiger partial charge is 0.369 e. The third-order valence-corrected chi connectivity index (χ3v) is 5.30. The number of amides is 2. The van der Waals surface area contributed by atoms with Crippen molar-refractivity contribution in [2.45, 2.75) is 19.5 Å². The lowest BCUT2D eigenvalue weighted by Crippen LogP contribution is -2.36. The van der Waals surface area contributed by atoms with Gasteiger partial charge in [0.1, 0.15) is 5.82 Å². The predicted molar refractivity (Wildman–Crippen MR) is 127 cm³/mol. The Morgan fingerprint density at radius 2 is 1.90 bits per heavy atom. The fraction of sp³-hybridized carbons (Fsp3) is 0.318. The van der Waals surface area contributed by atoms with E-state index in [4.69, 9.17) is 23.2 Å². The average molecular weight is 461 g/mol. The van der Waals surface area contributed by atoms with E-state index in [1.54, 1.807) is 30.1 Å². The summed E-state index contributed by atoms with van der Waals surface area (Å²) in [5.41, 5.74) is 1.63. The Morgan fingerprint density at radius 1 is 1.10 bits per heavy atom. The van der Waals surface area contributed by atoms with Gasteiger partial charge in [-0.05, 0) is 49.8 Å². The average Bonchev–Trinajstić information content (AvgIpc) is 2.75. The van der Waals surface area contributed by atoms with Crippen molar-refractivity contribution in [2.24, 2.45) is 0 Å². The molecule has 0 spiro atoms. The van der Waals surface area contributed by atoms with Crippen LogP contribution < -0.4 is 16.0 Å². The van der Waals surface area contributed by atoms with Crippen LogP contribution in [-0.4, -0.2) is 48.1 Å². The summed E-state index contributed by atoms with van der Waals surface area (Å²) < 4.78 is 0. The highest BCUT2D eigenvalue weighted by Gasteiger charge is 2.14. The van der Waals surface area contributed by atoms with Gasteiger partial charge in [0.25, 0.3) is 0 Å². The monoisotopic (exact) mass is 460 g/mol. The SMILES string of the molecule is CNCCCNc1nc(CN(C)C(=O)NCc2ccc(Cl)cc2Cl)nc2ccccc12. The molecule has 0 unspecified atom stereocenters. The molecule has 0 aliphatic rings. The second-order valence-corrected chi connectivity index (χ2v) is 7.98. The lowest BCUT2D eigenvalue weighted by atomic mass is 10.2. The minimum Gasteiger partial charge on any atom is -0.369 e. The normalized spacial score (nSPS) is 10.8. The van der Waals surface area contributed by atoms with Crippen molar-refractivity contribution < 1.29 is 4.79 Å². The predicted octanol–water partition coefficient (Wildman–Crippen LogP) is 4.30. The molecule has 3 rings (SSSR count). The molecule has 3 aromatic rings. The van der Waals surface area contributed by atoms with Crippen LogP contribution in [0, 0.1) is 0 Å². The number of carbonyl (C=O) groups excluding carboxylic acids is 1. The van der Waals surface area contributed by atoms with E-state index in [-0.39, 0.29) is 12.6 Å². The second kappa shape index (κ2) is 11.1. The van der Waals surface area contributed by atoms with Crippen LogP contribution in [0.25, 0.3) is 10.9 Å². The zero-order valence-electron chi connectivity index (χ0n) is 17.6. The summed E-state index contributed by atoms with van der Waals surface area (Å²) in [6.07, 6.45) is 0.972. The fourth-order valence-corrected chi connectivity index (χ4v) is 3.53. The van der Waals surface area contributed by atoms with Gasteiger partial charge in [0, 0.05) is 35.6 Å². The van der Waals surface area contributed by atoms with Crippen LogP contribution in [0.5, 0.6) is 0 Å². The maximum absolute atomic E-state index is 12.6. The Bertz CT molecular complexity index is 1050. The zero-order chi connectivity index (χ0) is 22.2. The highest BCUT2D eigenvalue weighted by atomic mass is 35.5. The third-order valence-electron chi connectivity index (χ3n) is 4.72. The fourth-order valence-electron chi connectivity index (χ4n) is 3.06. The molecule has 0 fully saturated rings. The van der Waals surface area contributed by atoms with Crippen molar-refractivity contribution in [2.75, 3.05) is 32.5 Å². The molecule has 0 saturated heterocycles. The third kappa shape index (κ3) is 6.43. The van der Waals surface area contributed by atoms with Gasteiger partial charge < -0.3 is 20.9 Å². The zero-order valence-corrected chi connectivity index (χ0v) is 19.1. The molecule has 1 aromatic heterocycles. The van der Waals surface area contributed by atoms with E-state index in [1.165, 1.54) is 0 Å². The number of anilines is 1. The van der Waals surface area contributed by atoms with Crippen molar-refractivity contribution in [1.29, 1.82) is 0 Å². The summed E-state index contributed by atoms with van der Waals surface area (Å²) in [7, 11) is 3.64. The van der Waals surface area contributed by atoms with E-state index in [1.807, 2.05) is 31.3 Å². The molecule has 7 nitrogen and oxygen atoms in total. The Kier molecular flexibility index (Phi) is 8.28. The minimum absolute atomic E-state index is 0.244. The molecule has 0 bridgehead atoms. The topological polar surface area (TPSA) is 82.2 Å². The molecular formula is C22H26Cl2N6O. The number of benzene rings is 2. The maximum Gasteiger partial charge on any atom is 0.317 e. The molecule has 0 aliphatic carbocycles. The Hall–Kier alpha value is -2.61. The van der Waals surface area contributed by atoms with Crippen molar-refractivity contribution in [1.82, 2.24) is 25.5 Å². The molecule has 31 heavy (non-hydrogen) atoms. The number of nitrogens with zero attached hydrogens (tertiary/aromatic N) is 3. The molecule has 2 amide bonds. The van der Waals surface area contributed by atoms with Crippen molar-refractivity contribution in [3.05, 3.63) is 63.9 Å². The standard InChI is InChI=1S/C22H26Cl2N6O/c1-25-10-5-11-26-21-17-6-3-4-7-19(17)28-20(29-21)14-30(2)22(31)27-13-15-8-9-16(23)12-18(15)24/h3-4,6-9,12,25H,5,10-11,13-14H2,1-2H3,(H,27,31)(H,26,28,29). The molecule has 3 N–H and O–H groups in total. The number of aromatic nitrogens is 2. The number of carbonyl (C=O) groups is 1. The molecular weight excluding hydrogens is 435 g/mol. The van der Waals surface area contributed by atoms with E-state index in [0.717, 1.165) is 41.8 Å². The highest BCUT2D eigenvalue weighted by molar-refractivity contribution is 6.35. The first kappa shape index (κ1) is 23.1. The van der Waals surface area contributed by atoms with E-state index in [9.17, 15) is 4.79 Å². The Balaban J connectivity index is 1.67. The van der Waals surface area contributed by atoms with Gasteiger partial charge in [-0.1, -0.05) is 41.4 Å². The molecule has 0 atom stereocenters. The molecule has 2 aromatic carbocycles. The van der Waals surface area contributed by atoms with Crippen molar-refractivity contribution >= 4 is 46.0 Å². The lowest BCUT2D eigenvalue weighted by Gasteiger charge is -2.18. The van der Waals surface area contributed by atoms with Crippen LogP contribution in [0.2, 0.25) is 10.0 Å². The molecule has 0 saturated carbocycles. The van der Waals surface area contributed by atoms with Crippen molar-refractivity contribution in [3.63, 3.8) is 0 Å². The number of hydrogen-bond acceptors (Lipinski definition) is 5. The van der Waals surface area contributed by atoms with Gasteiger partial charge in [-0.3, -0.25) is 0 Å². The van der Waals surface area contributed by atoms with Gasteiger partial charge in [0.05, 0.1) is 12.1 Å². The van der Waals surface area contributed by atoms with Gasteiger partial charge in [0.15, 0.2) is 5.82 Å². The number of nitrogens with one attached hydrogen (secondary N) is 3. The van der Waals surface area contributed by atoms with Crippen LogP contribution in [0.3, 0.4) is 0 Å². The van der Waals surface area contributed by atoms with E-state index in [2.05, 4.69) is 25.9 Å². The molecule has 0 aliphatic heterocycles. The summed E-state index contributed by atoms with van der Waals surface area (Å²) in [5, 5.41) is 11.4. The van der Waals surface area contributed by atoms with E-state index < -0.39 is 0 Å². The Morgan fingerprint density at radius 3 is 2.68 bits per heavy atom. The van der Waals surface area contributed by atoms with Crippen LogP contribution in [0.15, 0.2) is 42.5 Å². The van der Waals surface area contributed by atoms with Gasteiger partial charge in [0.2, 0.25) is 0 Å². The summed E-state index contributed by atoms with van der Waals surface area (Å²) >= 11 is 12.1. The quantitative estimate of drug-likeness (QED) is 0.414. The summed E-state index contributed by atoms with van der Waals surface area (Å²) in [6.45, 7) is 2.29. The second-order valence-electron chi connectivity index (χ2n) is 7.14. The molecule has 164 valence electrons. The Labute approximate surface area is 192 Å². The van der Waals surface area contributed by atoms with Crippen LogP contribution in [0.4, 0.5) is 10.6 Å². The number of hydrogen-bond donors (Lipinski definition) is 3. The summed E-state index contributed by atoms with van der Waals surface area (Å²) in [5.74, 6) is 1.34. The summed E-state index contributed by atoms with van der Waals surface area (Å²) in [4.78, 5) is 23.4. The first-order valence-electron chi connectivity index (χ1n) is 10.0. The first-order valence-corrected chi connectivity index (χ1v) is 10.8. The number of halogens is 2. The van der Waals surface area contributed by atoms with Gasteiger partial charge in [-0.2, -0.15) is 0 Å². The first-order chi connectivity index (χ1) is 15.0. The van der Waals surface area contributed by atoms with E-state index >= 15 is 0 Å². The number of urea groups is 1. The number of para-hydroxylation sites is 1. The van der Waals surface area contributed by atoms with E-state index in [0.29, 0.717) is 22.4 Å². The number of fused-ring (bicyclic) bond motifs is 1. The van der Waals surface area contributed by atoms with Gasteiger partial charge >= 0.3 is 6.03 Å². The smallest absolute Gasteiger partial charge is 0.317 e. The van der Waals surface area contributed by atoms with Gasteiger partial charge in [-0.15, -0.1) is 0 Å². The molecule has 9 heteroatoms. The maximum atomic E-state index is 12.6. The van der Waals surface area contributed by atoms with Crippen LogP contribution in [-0.2, 0) is 13.1 Å². The van der Waals surface area contributed by atoms with Crippen LogP contribution in [0.1, 0.15) is 17.8 Å². The highest BCUT2D eigenvalue weighted by Crippen LogP contribution is 2.22. The lowest BCUT2D eigenvalue weighted by molar-refractivity contribution is 0.205. The number of rotatable bonds is 9. The summed E-state index contributed by atoms with van der Waals surface area (Å²) in [6, 6.07) is 12.8. The van der Waals surface area contributed by atoms with Crippen molar-refractivity contribution in [3.8, 4) is 0 Å².